The Balaban J connectivity index is 3.12. The average molecular weight is 189 g/mol. The molecule has 0 radical (unpaired) electrons. The topological polar surface area (TPSA) is 82.9 Å². The lowest BCUT2D eigenvalue weighted by Crippen LogP contribution is -2.08. The van der Waals surface area contributed by atoms with Crippen molar-refractivity contribution in [1.82, 2.24) is 4.98 Å². The molecule has 0 bridgehead atoms. The van der Waals surface area contributed by atoms with Gasteiger partial charge in [0, 0.05) is 6.92 Å². The summed E-state index contributed by atoms with van der Waals surface area (Å²) >= 11 is 0. The van der Waals surface area contributed by atoms with E-state index in [1.165, 1.54) is 19.1 Å². The Bertz CT molecular complexity index is 421. The first-order valence-corrected chi connectivity index (χ1v) is 3.80. The zero-order valence-electron chi connectivity index (χ0n) is 7.44. The van der Waals surface area contributed by atoms with Crippen LogP contribution in [0.3, 0.4) is 0 Å². The van der Waals surface area contributed by atoms with Crippen LogP contribution in [0, 0.1) is 11.3 Å². The standard InChI is InChI=1S/C9H7N3O2/c1-6(14)11-9-3-7(4-10)2-8(5-13)12-9/h2-3,5H,1H3,(H,11,12,14). The van der Waals surface area contributed by atoms with Crippen molar-refractivity contribution in [1.29, 1.82) is 5.26 Å². The normalized spacial score (nSPS) is 8.86. The van der Waals surface area contributed by atoms with Gasteiger partial charge in [-0.2, -0.15) is 5.26 Å². The number of pyridine rings is 1. The second-order valence-corrected chi connectivity index (χ2v) is 2.58. The number of rotatable bonds is 2. The number of hydrogen-bond acceptors (Lipinski definition) is 4. The predicted molar refractivity (Wildman–Crippen MR) is 48.6 cm³/mol. The molecule has 1 N–H and O–H groups in total. The highest BCUT2D eigenvalue weighted by molar-refractivity contribution is 5.88. The summed E-state index contributed by atoms with van der Waals surface area (Å²) in [6.07, 6.45) is 0.520. The monoisotopic (exact) mass is 189 g/mol. The third kappa shape index (κ3) is 2.38. The smallest absolute Gasteiger partial charge is 0.222 e. The zero-order chi connectivity index (χ0) is 10.6. The quantitative estimate of drug-likeness (QED) is 0.695. The van der Waals surface area contributed by atoms with Gasteiger partial charge < -0.3 is 5.32 Å². The lowest BCUT2D eigenvalue weighted by atomic mass is 10.2. The molecule has 1 rings (SSSR count). The van der Waals surface area contributed by atoms with Crippen LogP contribution in [-0.2, 0) is 4.79 Å². The molecule has 1 aromatic heterocycles. The summed E-state index contributed by atoms with van der Waals surface area (Å²) in [4.78, 5) is 24.9. The van der Waals surface area contributed by atoms with Crippen LogP contribution in [0.15, 0.2) is 12.1 Å². The first-order valence-electron chi connectivity index (χ1n) is 3.80. The fourth-order valence-corrected chi connectivity index (χ4v) is 0.921. The minimum absolute atomic E-state index is 0.118. The Morgan fingerprint density at radius 3 is 2.86 bits per heavy atom. The Morgan fingerprint density at radius 1 is 1.64 bits per heavy atom. The molecule has 70 valence electrons. The van der Waals surface area contributed by atoms with E-state index < -0.39 is 0 Å². The summed E-state index contributed by atoms with van der Waals surface area (Å²) < 4.78 is 0. The summed E-state index contributed by atoms with van der Waals surface area (Å²) in [5.41, 5.74) is 0.402. The number of amides is 1. The molecule has 5 nitrogen and oxygen atoms in total. The Hall–Kier alpha value is -2.22. The Morgan fingerprint density at radius 2 is 2.36 bits per heavy atom. The molecule has 1 heterocycles. The lowest BCUT2D eigenvalue weighted by Gasteiger charge is -2.01. The highest BCUT2D eigenvalue weighted by atomic mass is 16.1. The molecule has 1 amide bonds. The third-order valence-electron chi connectivity index (χ3n) is 1.40. The molecule has 0 aliphatic rings. The summed E-state index contributed by atoms with van der Waals surface area (Å²) in [6, 6.07) is 4.61. The van der Waals surface area contributed by atoms with Crippen molar-refractivity contribution >= 4 is 18.0 Å². The number of nitriles is 1. The zero-order valence-corrected chi connectivity index (χ0v) is 7.44. The van der Waals surface area contributed by atoms with E-state index in [4.69, 9.17) is 5.26 Å². The predicted octanol–water partition coefficient (Wildman–Crippen LogP) is 0.724. The number of nitrogens with zero attached hydrogens (tertiary/aromatic N) is 2. The van der Waals surface area contributed by atoms with Crippen LogP contribution in [0.5, 0.6) is 0 Å². The molecule has 0 fully saturated rings. The molecule has 0 unspecified atom stereocenters. The van der Waals surface area contributed by atoms with Crippen molar-refractivity contribution in [3.8, 4) is 6.07 Å². The van der Waals surface area contributed by atoms with Gasteiger partial charge >= 0.3 is 0 Å². The summed E-state index contributed by atoms with van der Waals surface area (Å²) in [5.74, 6) is -0.0944. The molecule has 14 heavy (non-hydrogen) atoms. The molecule has 0 spiro atoms. The highest BCUT2D eigenvalue weighted by Gasteiger charge is 2.02. The maximum absolute atomic E-state index is 10.7. The van der Waals surface area contributed by atoms with Gasteiger partial charge in [0.05, 0.1) is 11.6 Å². The van der Waals surface area contributed by atoms with E-state index in [-0.39, 0.29) is 23.0 Å². The molecular formula is C9H7N3O2. The van der Waals surface area contributed by atoms with E-state index in [1.54, 1.807) is 0 Å². The van der Waals surface area contributed by atoms with Crippen LogP contribution < -0.4 is 5.32 Å². The van der Waals surface area contributed by atoms with Gasteiger partial charge in [-0.25, -0.2) is 4.98 Å². The molecule has 0 aromatic carbocycles. The van der Waals surface area contributed by atoms with Crippen molar-refractivity contribution in [2.75, 3.05) is 5.32 Å². The van der Waals surface area contributed by atoms with Gasteiger partial charge in [0.2, 0.25) is 5.91 Å². The fraction of sp³-hybridized carbons (Fsp3) is 0.111. The Labute approximate surface area is 80.4 Å². The number of carbonyl (C=O) groups is 2. The maximum atomic E-state index is 10.7. The van der Waals surface area contributed by atoms with Crippen LogP contribution in [0.1, 0.15) is 23.0 Å². The van der Waals surface area contributed by atoms with Crippen LogP contribution in [0.2, 0.25) is 0 Å². The van der Waals surface area contributed by atoms with E-state index in [9.17, 15) is 9.59 Å². The lowest BCUT2D eigenvalue weighted by molar-refractivity contribution is -0.114. The van der Waals surface area contributed by atoms with Gasteiger partial charge in [0.25, 0.3) is 0 Å². The van der Waals surface area contributed by atoms with E-state index >= 15 is 0 Å². The van der Waals surface area contributed by atoms with Gasteiger partial charge in [-0.3, -0.25) is 9.59 Å². The number of carbonyl (C=O) groups excluding carboxylic acids is 2. The number of hydrogen-bond donors (Lipinski definition) is 1. The average Bonchev–Trinajstić information content (AvgIpc) is 2.16. The molecule has 0 saturated heterocycles. The largest absolute Gasteiger partial charge is 0.311 e. The van der Waals surface area contributed by atoms with Crippen LogP contribution in [0.4, 0.5) is 5.82 Å². The molecule has 5 heteroatoms. The fourth-order valence-electron chi connectivity index (χ4n) is 0.921. The minimum Gasteiger partial charge on any atom is -0.311 e. The van der Waals surface area contributed by atoms with Crippen molar-refractivity contribution < 1.29 is 9.59 Å². The van der Waals surface area contributed by atoms with E-state index in [2.05, 4.69) is 10.3 Å². The van der Waals surface area contributed by atoms with Crippen molar-refractivity contribution in [3.63, 3.8) is 0 Å². The van der Waals surface area contributed by atoms with Gasteiger partial charge in [0.15, 0.2) is 6.29 Å². The number of anilines is 1. The van der Waals surface area contributed by atoms with Gasteiger partial charge in [-0.15, -0.1) is 0 Å². The van der Waals surface area contributed by atoms with Gasteiger partial charge in [-0.05, 0) is 12.1 Å². The molecule has 0 atom stereocenters. The first-order chi connectivity index (χ1) is 6.65. The van der Waals surface area contributed by atoms with E-state index in [0.29, 0.717) is 6.29 Å². The summed E-state index contributed by atoms with van der Waals surface area (Å²) in [7, 11) is 0. The minimum atomic E-state index is -0.301. The Kier molecular flexibility index (Phi) is 2.92. The van der Waals surface area contributed by atoms with Crippen molar-refractivity contribution in [2.45, 2.75) is 6.92 Å². The SMILES string of the molecule is CC(=O)Nc1cc(C#N)cc(C=O)n1. The van der Waals surface area contributed by atoms with Crippen LogP contribution >= 0.6 is 0 Å². The van der Waals surface area contributed by atoms with Crippen molar-refractivity contribution in [2.24, 2.45) is 0 Å². The second kappa shape index (κ2) is 4.14. The summed E-state index contributed by atoms with van der Waals surface area (Å²) in [6.45, 7) is 1.32. The van der Waals surface area contributed by atoms with Crippen molar-refractivity contribution in [3.05, 3.63) is 23.4 Å². The van der Waals surface area contributed by atoms with E-state index in [1.807, 2.05) is 6.07 Å². The number of aldehydes is 1. The molecule has 0 aliphatic heterocycles. The second-order valence-electron chi connectivity index (χ2n) is 2.58. The molecule has 1 aromatic rings. The number of aromatic nitrogens is 1. The van der Waals surface area contributed by atoms with E-state index in [0.717, 1.165) is 0 Å². The molecular weight excluding hydrogens is 182 g/mol. The van der Waals surface area contributed by atoms with Gasteiger partial charge in [-0.1, -0.05) is 0 Å². The van der Waals surface area contributed by atoms with Crippen LogP contribution in [-0.4, -0.2) is 17.2 Å². The van der Waals surface area contributed by atoms with Crippen LogP contribution in [0.25, 0.3) is 0 Å². The maximum Gasteiger partial charge on any atom is 0.222 e. The summed E-state index contributed by atoms with van der Waals surface area (Å²) in [5, 5.41) is 11.0. The third-order valence-corrected chi connectivity index (χ3v) is 1.40. The molecule has 0 saturated carbocycles. The molecule has 0 aliphatic carbocycles. The highest BCUT2D eigenvalue weighted by Crippen LogP contribution is 2.08. The van der Waals surface area contributed by atoms with Gasteiger partial charge in [0.1, 0.15) is 11.5 Å². The first kappa shape index (κ1) is 9.86. The number of nitrogens with one attached hydrogen (secondary N) is 1.